The minimum absolute atomic E-state index is 0.00506. The van der Waals surface area contributed by atoms with Gasteiger partial charge in [-0.05, 0) is 43.5 Å². The maximum absolute atomic E-state index is 12.5. The number of rotatable bonds is 4. The molecule has 0 radical (unpaired) electrons. The molecule has 2 aliphatic heterocycles. The molecule has 2 saturated heterocycles. The lowest BCUT2D eigenvalue weighted by Gasteiger charge is -2.21. The van der Waals surface area contributed by atoms with Gasteiger partial charge in [0.1, 0.15) is 0 Å². The van der Waals surface area contributed by atoms with E-state index in [9.17, 15) is 8.42 Å². The Hall–Kier alpha value is -0.660. The monoisotopic (exact) mass is 329 g/mol. The lowest BCUT2D eigenvalue weighted by atomic mass is 10.1. The van der Waals surface area contributed by atoms with Crippen LogP contribution in [0, 0.1) is 0 Å². The predicted octanol–water partition coefficient (Wildman–Crippen LogP) is 1.31. The Morgan fingerprint density at radius 1 is 1.33 bits per heavy atom. The highest BCUT2D eigenvalue weighted by molar-refractivity contribution is 7.89. The number of halogens is 1. The summed E-state index contributed by atoms with van der Waals surface area (Å²) in [6.45, 7) is 2.36. The number of hydrogen-bond donors (Lipinski definition) is 2. The SMILES string of the molecule is NCc1ccc(S(=O)(=O)NC2CCN3CCCC23)cc1Cl. The van der Waals surface area contributed by atoms with Gasteiger partial charge in [-0.15, -0.1) is 0 Å². The Morgan fingerprint density at radius 2 is 2.14 bits per heavy atom. The maximum atomic E-state index is 12.5. The Kier molecular flexibility index (Phi) is 4.25. The van der Waals surface area contributed by atoms with Gasteiger partial charge < -0.3 is 5.73 Å². The number of fused-ring (bicyclic) bond motifs is 1. The number of nitrogens with one attached hydrogen (secondary N) is 1. The van der Waals surface area contributed by atoms with Crippen LogP contribution in [0.4, 0.5) is 0 Å². The van der Waals surface area contributed by atoms with Gasteiger partial charge in [0.15, 0.2) is 0 Å². The molecule has 0 aromatic heterocycles. The second kappa shape index (κ2) is 5.85. The largest absolute Gasteiger partial charge is 0.326 e. The van der Waals surface area contributed by atoms with Crippen LogP contribution in [-0.4, -0.2) is 38.5 Å². The van der Waals surface area contributed by atoms with E-state index in [1.807, 2.05) is 0 Å². The van der Waals surface area contributed by atoms with E-state index in [1.165, 1.54) is 6.07 Å². The molecular weight excluding hydrogens is 310 g/mol. The first-order valence-electron chi connectivity index (χ1n) is 7.26. The van der Waals surface area contributed by atoms with Crippen molar-refractivity contribution >= 4 is 21.6 Å². The summed E-state index contributed by atoms with van der Waals surface area (Å²) < 4.78 is 27.9. The van der Waals surface area contributed by atoms with E-state index in [0.29, 0.717) is 17.6 Å². The third-order valence-corrected chi connectivity index (χ3v) is 6.31. The lowest BCUT2D eigenvalue weighted by Crippen LogP contribution is -2.42. The Balaban J connectivity index is 1.79. The molecule has 7 heteroatoms. The summed E-state index contributed by atoms with van der Waals surface area (Å²) in [5, 5.41) is 0.397. The molecule has 0 aliphatic carbocycles. The molecule has 2 fully saturated rings. The molecule has 1 aromatic carbocycles. The molecule has 116 valence electrons. The minimum Gasteiger partial charge on any atom is -0.326 e. The lowest BCUT2D eigenvalue weighted by molar-refractivity contribution is 0.309. The van der Waals surface area contributed by atoms with Crippen molar-refractivity contribution in [1.29, 1.82) is 0 Å². The Morgan fingerprint density at radius 3 is 2.86 bits per heavy atom. The topological polar surface area (TPSA) is 75.4 Å². The van der Waals surface area contributed by atoms with Crippen LogP contribution in [0.2, 0.25) is 5.02 Å². The van der Waals surface area contributed by atoms with E-state index in [1.54, 1.807) is 12.1 Å². The molecular formula is C14H20ClN3O2S. The highest BCUT2D eigenvalue weighted by Crippen LogP contribution is 2.29. The average molecular weight is 330 g/mol. The van der Waals surface area contributed by atoms with Crippen LogP contribution in [0.15, 0.2) is 23.1 Å². The molecule has 0 spiro atoms. The van der Waals surface area contributed by atoms with Gasteiger partial charge in [0, 0.05) is 30.2 Å². The summed E-state index contributed by atoms with van der Waals surface area (Å²) in [5.74, 6) is 0. The molecule has 2 unspecified atom stereocenters. The third kappa shape index (κ3) is 2.96. The van der Waals surface area contributed by atoms with Gasteiger partial charge in [-0.3, -0.25) is 4.90 Å². The van der Waals surface area contributed by atoms with E-state index in [0.717, 1.165) is 37.9 Å². The van der Waals surface area contributed by atoms with Gasteiger partial charge in [0.05, 0.1) is 4.90 Å². The van der Waals surface area contributed by atoms with Crippen LogP contribution in [0.3, 0.4) is 0 Å². The number of sulfonamides is 1. The van der Waals surface area contributed by atoms with Crippen molar-refractivity contribution in [2.75, 3.05) is 13.1 Å². The molecule has 1 aromatic rings. The fourth-order valence-electron chi connectivity index (χ4n) is 3.35. The van der Waals surface area contributed by atoms with Crippen LogP contribution in [0.1, 0.15) is 24.8 Å². The summed E-state index contributed by atoms with van der Waals surface area (Å²) in [5.41, 5.74) is 6.29. The summed E-state index contributed by atoms with van der Waals surface area (Å²) >= 11 is 6.06. The van der Waals surface area contributed by atoms with Gasteiger partial charge in [-0.25, -0.2) is 13.1 Å². The first kappa shape index (κ1) is 15.2. The maximum Gasteiger partial charge on any atom is 0.240 e. The summed E-state index contributed by atoms with van der Waals surface area (Å²) in [7, 11) is -3.53. The molecule has 2 heterocycles. The van der Waals surface area contributed by atoms with E-state index in [2.05, 4.69) is 9.62 Å². The molecule has 3 N–H and O–H groups in total. The normalized spacial score (nSPS) is 26.2. The molecule has 0 bridgehead atoms. The van der Waals surface area contributed by atoms with Crippen molar-refractivity contribution in [1.82, 2.24) is 9.62 Å². The predicted molar refractivity (Wildman–Crippen MR) is 82.7 cm³/mol. The molecule has 2 atom stereocenters. The first-order chi connectivity index (χ1) is 10.0. The Bertz CT molecular complexity index is 635. The molecule has 3 rings (SSSR count). The molecule has 2 aliphatic rings. The molecule has 5 nitrogen and oxygen atoms in total. The van der Waals surface area contributed by atoms with E-state index < -0.39 is 10.0 Å². The van der Waals surface area contributed by atoms with Crippen molar-refractivity contribution in [3.63, 3.8) is 0 Å². The van der Waals surface area contributed by atoms with Crippen LogP contribution in [0.25, 0.3) is 0 Å². The summed E-state index contributed by atoms with van der Waals surface area (Å²) in [6.07, 6.45) is 3.10. The highest BCUT2D eigenvalue weighted by Gasteiger charge is 2.39. The minimum atomic E-state index is -3.53. The Labute approximate surface area is 130 Å². The summed E-state index contributed by atoms with van der Waals surface area (Å²) in [4.78, 5) is 2.58. The second-order valence-corrected chi connectivity index (χ2v) is 7.84. The average Bonchev–Trinajstić information content (AvgIpc) is 3.03. The van der Waals surface area contributed by atoms with Crippen molar-refractivity contribution in [2.45, 2.75) is 42.8 Å². The van der Waals surface area contributed by atoms with Crippen LogP contribution < -0.4 is 10.5 Å². The second-order valence-electron chi connectivity index (χ2n) is 5.72. The van der Waals surface area contributed by atoms with Gasteiger partial charge in [0.2, 0.25) is 10.0 Å². The van der Waals surface area contributed by atoms with E-state index in [-0.39, 0.29) is 10.9 Å². The molecule has 0 amide bonds. The summed E-state index contributed by atoms with van der Waals surface area (Å²) in [6, 6.07) is 5.07. The zero-order chi connectivity index (χ0) is 15.0. The van der Waals surface area contributed by atoms with Gasteiger partial charge in [-0.1, -0.05) is 17.7 Å². The number of nitrogens with two attached hydrogens (primary N) is 1. The first-order valence-corrected chi connectivity index (χ1v) is 9.12. The quantitative estimate of drug-likeness (QED) is 0.873. The van der Waals surface area contributed by atoms with Gasteiger partial charge in [0.25, 0.3) is 0 Å². The van der Waals surface area contributed by atoms with E-state index in [4.69, 9.17) is 17.3 Å². The number of benzene rings is 1. The van der Waals surface area contributed by atoms with Crippen molar-refractivity contribution < 1.29 is 8.42 Å². The molecule has 0 saturated carbocycles. The number of hydrogen-bond acceptors (Lipinski definition) is 4. The number of nitrogens with zero attached hydrogens (tertiary/aromatic N) is 1. The van der Waals surface area contributed by atoms with Crippen LogP contribution >= 0.6 is 11.6 Å². The standard InChI is InChI=1S/C14H20ClN3O2S/c15-12-8-11(4-3-10(12)9-16)21(19,20)17-13-5-7-18-6-1-2-14(13)18/h3-4,8,13-14,17H,1-2,5-7,9,16H2. The zero-order valence-electron chi connectivity index (χ0n) is 11.8. The van der Waals surface area contributed by atoms with Gasteiger partial charge in [-0.2, -0.15) is 0 Å². The fourth-order valence-corrected chi connectivity index (χ4v) is 5.00. The van der Waals surface area contributed by atoms with Crippen molar-refractivity contribution in [3.8, 4) is 0 Å². The van der Waals surface area contributed by atoms with Crippen molar-refractivity contribution in [3.05, 3.63) is 28.8 Å². The van der Waals surface area contributed by atoms with Crippen molar-refractivity contribution in [2.24, 2.45) is 5.73 Å². The smallest absolute Gasteiger partial charge is 0.240 e. The van der Waals surface area contributed by atoms with Crippen LogP contribution in [-0.2, 0) is 16.6 Å². The van der Waals surface area contributed by atoms with Gasteiger partial charge >= 0.3 is 0 Å². The third-order valence-electron chi connectivity index (χ3n) is 4.47. The fraction of sp³-hybridized carbons (Fsp3) is 0.571. The zero-order valence-corrected chi connectivity index (χ0v) is 13.3. The van der Waals surface area contributed by atoms with E-state index >= 15 is 0 Å². The highest BCUT2D eigenvalue weighted by atomic mass is 35.5. The molecule has 21 heavy (non-hydrogen) atoms. The van der Waals surface area contributed by atoms with Crippen LogP contribution in [0.5, 0.6) is 0 Å².